The van der Waals surface area contributed by atoms with Crippen LogP contribution in [0.1, 0.15) is 18.9 Å². The van der Waals surface area contributed by atoms with E-state index in [-0.39, 0.29) is 29.8 Å². The smallest absolute Gasteiger partial charge is 0.219 e. The van der Waals surface area contributed by atoms with Crippen molar-refractivity contribution in [2.24, 2.45) is 4.99 Å². The van der Waals surface area contributed by atoms with Gasteiger partial charge in [0.05, 0.1) is 6.54 Å². The number of hydrogen-bond donors (Lipinski definition) is 2. The highest BCUT2D eigenvalue weighted by molar-refractivity contribution is 14.0. The number of nitrogens with zero attached hydrogens (tertiary/aromatic N) is 2. The largest absolute Gasteiger partial charge is 0.439 e. The van der Waals surface area contributed by atoms with Gasteiger partial charge in [0.1, 0.15) is 11.6 Å². The zero-order chi connectivity index (χ0) is 18.6. The van der Waals surface area contributed by atoms with Gasteiger partial charge in [-0.25, -0.2) is 14.4 Å². The highest BCUT2D eigenvalue weighted by Gasteiger charge is 2.02. The summed E-state index contributed by atoms with van der Waals surface area (Å²) >= 11 is 0. The number of guanidine groups is 1. The fraction of sp³-hybridized carbons (Fsp3) is 0.368. The molecule has 0 aliphatic heterocycles. The van der Waals surface area contributed by atoms with Crippen LogP contribution >= 0.6 is 24.0 Å². The fourth-order valence-electron chi connectivity index (χ4n) is 2.16. The molecule has 0 amide bonds. The number of aliphatic imine (C=N–C) groups is 1. The lowest BCUT2D eigenvalue weighted by Gasteiger charge is -2.11. The molecular formula is C19H26FIN4O2. The van der Waals surface area contributed by atoms with Gasteiger partial charge in [-0.1, -0.05) is 0 Å². The highest BCUT2D eigenvalue weighted by Crippen LogP contribution is 2.20. The summed E-state index contributed by atoms with van der Waals surface area (Å²) < 4.78 is 23.6. The van der Waals surface area contributed by atoms with Crippen LogP contribution in [-0.4, -0.2) is 37.7 Å². The Morgan fingerprint density at radius 3 is 2.67 bits per heavy atom. The number of nitrogens with one attached hydrogen (secondary N) is 2. The molecule has 0 saturated carbocycles. The Bertz CT molecular complexity index is 698. The van der Waals surface area contributed by atoms with Crippen LogP contribution in [0.15, 0.2) is 47.6 Å². The van der Waals surface area contributed by atoms with E-state index in [4.69, 9.17) is 9.47 Å². The molecule has 0 unspecified atom stereocenters. The molecule has 0 bridgehead atoms. The van der Waals surface area contributed by atoms with Crippen molar-refractivity contribution in [2.45, 2.75) is 19.9 Å². The van der Waals surface area contributed by atoms with E-state index in [0.717, 1.165) is 31.0 Å². The van der Waals surface area contributed by atoms with Crippen LogP contribution in [0.25, 0.3) is 0 Å². The molecule has 0 aliphatic rings. The molecule has 0 spiro atoms. The first-order valence-corrected chi connectivity index (χ1v) is 8.60. The molecule has 8 heteroatoms. The first-order valence-electron chi connectivity index (χ1n) is 8.60. The van der Waals surface area contributed by atoms with Crippen LogP contribution in [0.5, 0.6) is 11.6 Å². The van der Waals surface area contributed by atoms with E-state index in [1.54, 1.807) is 25.4 Å². The molecule has 27 heavy (non-hydrogen) atoms. The van der Waals surface area contributed by atoms with Gasteiger partial charge in [0.25, 0.3) is 0 Å². The van der Waals surface area contributed by atoms with Crippen molar-refractivity contribution >= 4 is 29.9 Å². The second kappa shape index (κ2) is 13.3. The molecule has 0 fully saturated rings. The number of aromatic nitrogens is 1. The van der Waals surface area contributed by atoms with Gasteiger partial charge < -0.3 is 20.1 Å². The van der Waals surface area contributed by atoms with E-state index in [9.17, 15) is 4.39 Å². The molecule has 0 radical (unpaired) electrons. The number of benzene rings is 1. The minimum Gasteiger partial charge on any atom is -0.439 e. The molecule has 0 aliphatic carbocycles. The Hall–Kier alpha value is -1.94. The maximum atomic E-state index is 13.0. The zero-order valence-electron chi connectivity index (χ0n) is 15.6. The number of methoxy groups -OCH3 is 1. The molecule has 1 aromatic heterocycles. The Kier molecular flexibility index (Phi) is 11.3. The lowest BCUT2D eigenvalue weighted by molar-refractivity contribution is 0.195. The van der Waals surface area contributed by atoms with E-state index < -0.39 is 0 Å². The summed E-state index contributed by atoms with van der Waals surface area (Å²) in [7, 11) is 1.69. The second-order valence-electron chi connectivity index (χ2n) is 5.53. The first kappa shape index (κ1) is 23.1. The SMILES string of the molecule is CCNC(=NCc1ccnc(Oc2ccc(F)cc2)c1)NCCCOC.I. The van der Waals surface area contributed by atoms with Crippen LogP contribution in [0.2, 0.25) is 0 Å². The van der Waals surface area contributed by atoms with Crippen molar-refractivity contribution in [3.8, 4) is 11.6 Å². The standard InChI is InChI=1S/C19H25FN4O2.HI/c1-3-21-19(23-10-4-12-25-2)24-14-15-9-11-22-18(13-15)26-17-7-5-16(20)6-8-17;/h5-9,11,13H,3-4,10,12,14H2,1-2H3,(H2,21,23,24);1H. The molecule has 148 valence electrons. The molecule has 0 saturated heterocycles. The quantitative estimate of drug-likeness (QED) is 0.244. The van der Waals surface area contributed by atoms with E-state index in [1.165, 1.54) is 12.1 Å². The number of rotatable bonds is 9. The summed E-state index contributed by atoms with van der Waals surface area (Å²) in [4.78, 5) is 8.74. The number of halogens is 2. The van der Waals surface area contributed by atoms with Crippen LogP contribution in [0.4, 0.5) is 4.39 Å². The third-order valence-corrected chi connectivity index (χ3v) is 3.42. The molecule has 1 heterocycles. The molecule has 6 nitrogen and oxygen atoms in total. The van der Waals surface area contributed by atoms with Crippen molar-refractivity contribution in [3.05, 3.63) is 54.0 Å². The summed E-state index contributed by atoms with van der Waals surface area (Å²) in [5, 5.41) is 6.47. The fourth-order valence-corrected chi connectivity index (χ4v) is 2.16. The zero-order valence-corrected chi connectivity index (χ0v) is 17.9. The Balaban J connectivity index is 0.00000364. The normalized spacial score (nSPS) is 10.9. The minimum absolute atomic E-state index is 0. The second-order valence-corrected chi connectivity index (χ2v) is 5.53. The molecule has 2 rings (SSSR count). The third-order valence-electron chi connectivity index (χ3n) is 3.42. The first-order chi connectivity index (χ1) is 12.7. The van der Waals surface area contributed by atoms with Gasteiger partial charge in [0, 0.05) is 39.1 Å². The summed E-state index contributed by atoms with van der Waals surface area (Å²) in [6.45, 7) is 4.79. The average Bonchev–Trinajstić information content (AvgIpc) is 2.65. The highest BCUT2D eigenvalue weighted by atomic mass is 127. The van der Waals surface area contributed by atoms with Gasteiger partial charge in [-0.05, 0) is 49.2 Å². The Morgan fingerprint density at radius 1 is 1.19 bits per heavy atom. The predicted octanol–water partition coefficient (Wildman–Crippen LogP) is 3.72. The van der Waals surface area contributed by atoms with Gasteiger partial charge in [0.15, 0.2) is 5.96 Å². The Labute approximate surface area is 176 Å². The van der Waals surface area contributed by atoms with Crippen LogP contribution in [-0.2, 0) is 11.3 Å². The summed E-state index contributed by atoms with van der Waals surface area (Å²) in [6.07, 6.45) is 2.58. The molecule has 2 aromatic rings. The van der Waals surface area contributed by atoms with Crippen LogP contribution in [0, 0.1) is 5.82 Å². The van der Waals surface area contributed by atoms with E-state index in [2.05, 4.69) is 20.6 Å². The predicted molar refractivity (Wildman–Crippen MR) is 115 cm³/mol. The van der Waals surface area contributed by atoms with Gasteiger partial charge in [-0.15, -0.1) is 24.0 Å². The van der Waals surface area contributed by atoms with E-state index in [1.807, 2.05) is 19.1 Å². The van der Waals surface area contributed by atoms with Crippen molar-refractivity contribution < 1.29 is 13.9 Å². The summed E-state index contributed by atoms with van der Waals surface area (Å²) in [6, 6.07) is 9.53. The van der Waals surface area contributed by atoms with E-state index >= 15 is 0 Å². The van der Waals surface area contributed by atoms with Crippen LogP contribution in [0.3, 0.4) is 0 Å². The maximum Gasteiger partial charge on any atom is 0.219 e. The average molecular weight is 488 g/mol. The van der Waals surface area contributed by atoms with Gasteiger partial charge >= 0.3 is 0 Å². The van der Waals surface area contributed by atoms with E-state index in [0.29, 0.717) is 24.8 Å². The van der Waals surface area contributed by atoms with Crippen molar-refractivity contribution in [3.63, 3.8) is 0 Å². The minimum atomic E-state index is -0.303. The Morgan fingerprint density at radius 2 is 1.96 bits per heavy atom. The van der Waals surface area contributed by atoms with Crippen molar-refractivity contribution in [2.75, 3.05) is 26.8 Å². The number of hydrogen-bond acceptors (Lipinski definition) is 4. The number of pyridine rings is 1. The lowest BCUT2D eigenvalue weighted by Crippen LogP contribution is -2.38. The monoisotopic (exact) mass is 488 g/mol. The topological polar surface area (TPSA) is 67.8 Å². The summed E-state index contributed by atoms with van der Waals surface area (Å²) in [5.41, 5.74) is 0.964. The molecular weight excluding hydrogens is 462 g/mol. The number of ether oxygens (including phenoxy) is 2. The maximum absolute atomic E-state index is 13.0. The van der Waals surface area contributed by atoms with Crippen LogP contribution < -0.4 is 15.4 Å². The summed E-state index contributed by atoms with van der Waals surface area (Å²) in [5.74, 6) is 1.43. The van der Waals surface area contributed by atoms with Gasteiger partial charge in [0.2, 0.25) is 5.88 Å². The van der Waals surface area contributed by atoms with Crippen molar-refractivity contribution in [1.29, 1.82) is 0 Å². The third kappa shape index (κ3) is 9.00. The lowest BCUT2D eigenvalue weighted by atomic mass is 10.2. The molecule has 1 aromatic carbocycles. The van der Waals surface area contributed by atoms with Crippen molar-refractivity contribution in [1.82, 2.24) is 15.6 Å². The van der Waals surface area contributed by atoms with Gasteiger partial charge in [-0.3, -0.25) is 0 Å². The molecule has 2 N–H and O–H groups in total. The molecule has 0 atom stereocenters. The van der Waals surface area contributed by atoms with Gasteiger partial charge in [-0.2, -0.15) is 0 Å².